The van der Waals surface area contributed by atoms with E-state index in [1.165, 1.54) is 0 Å². The highest BCUT2D eigenvalue weighted by Gasteiger charge is 2.38. The summed E-state index contributed by atoms with van der Waals surface area (Å²) in [6, 6.07) is 13.6. The maximum Gasteiger partial charge on any atom is 0.303 e. The van der Waals surface area contributed by atoms with Crippen LogP contribution in [0.4, 0.5) is 0 Å². The zero-order chi connectivity index (χ0) is 24.4. The first kappa shape index (κ1) is 25.4. The molecule has 1 aliphatic heterocycles. The minimum atomic E-state index is -0.910. The predicted molar refractivity (Wildman–Crippen MR) is 128 cm³/mol. The fourth-order valence-electron chi connectivity index (χ4n) is 4.33. The van der Waals surface area contributed by atoms with Crippen LogP contribution in [0.1, 0.15) is 63.0 Å². The number of rotatable bonds is 14. The number of carboxylic acid groups (broad SMARTS) is 2. The molecule has 2 aromatic rings. The number of benzene rings is 2. The lowest BCUT2D eigenvalue weighted by Gasteiger charge is -2.40. The van der Waals surface area contributed by atoms with Crippen molar-refractivity contribution in [2.45, 2.75) is 70.3 Å². The second-order valence-corrected chi connectivity index (χ2v) is 8.72. The molecule has 0 aliphatic carbocycles. The second-order valence-electron chi connectivity index (χ2n) is 8.72. The average molecular weight is 471 g/mol. The van der Waals surface area contributed by atoms with Gasteiger partial charge in [0, 0.05) is 24.8 Å². The first-order valence-corrected chi connectivity index (χ1v) is 12.0. The van der Waals surface area contributed by atoms with Crippen molar-refractivity contribution < 1.29 is 34.0 Å². The standard InChI is InChI=1S/C27H34O7/c1-2-7-22-23(33-19-6-18-32-21-8-4-3-5-9-21)11-10-20-12-15-27(34-26(20)22,16-13-24(28)29)17-14-25(30)31/h3-5,8-11H,2,6-7,12-19H2,1H3,(H,28,29)(H,30,31). The van der Waals surface area contributed by atoms with Crippen molar-refractivity contribution in [1.29, 1.82) is 0 Å². The van der Waals surface area contributed by atoms with E-state index in [4.69, 9.17) is 14.2 Å². The molecule has 1 aliphatic rings. The number of fused-ring (bicyclic) bond motifs is 1. The van der Waals surface area contributed by atoms with Crippen LogP contribution >= 0.6 is 0 Å². The third kappa shape index (κ3) is 7.14. The SMILES string of the molecule is CCCc1c(OCCCOc2ccccc2)ccc2c1OC(CCC(=O)O)(CCC(=O)O)CC2. The number of hydrogen-bond donors (Lipinski definition) is 2. The molecule has 2 aromatic carbocycles. The van der Waals surface area contributed by atoms with E-state index in [1.807, 2.05) is 42.5 Å². The first-order chi connectivity index (χ1) is 16.4. The molecular weight excluding hydrogens is 436 g/mol. The molecule has 184 valence electrons. The normalized spacial score (nSPS) is 14.0. The number of para-hydroxylation sites is 1. The quantitative estimate of drug-likeness (QED) is 0.362. The van der Waals surface area contributed by atoms with E-state index in [1.54, 1.807) is 0 Å². The van der Waals surface area contributed by atoms with E-state index >= 15 is 0 Å². The van der Waals surface area contributed by atoms with E-state index in [9.17, 15) is 19.8 Å². The Balaban J connectivity index is 1.71. The highest BCUT2D eigenvalue weighted by atomic mass is 16.5. The van der Waals surface area contributed by atoms with E-state index in [0.29, 0.717) is 19.6 Å². The number of aliphatic carboxylic acids is 2. The second kappa shape index (κ2) is 12.3. The molecule has 3 rings (SSSR count). The van der Waals surface area contributed by atoms with E-state index < -0.39 is 17.5 Å². The molecule has 0 aromatic heterocycles. The molecule has 0 bridgehead atoms. The summed E-state index contributed by atoms with van der Waals surface area (Å²) in [4.78, 5) is 22.5. The third-order valence-corrected chi connectivity index (χ3v) is 6.11. The largest absolute Gasteiger partial charge is 0.493 e. The van der Waals surface area contributed by atoms with Gasteiger partial charge in [-0.25, -0.2) is 0 Å². The summed E-state index contributed by atoms with van der Waals surface area (Å²) >= 11 is 0. The van der Waals surface area contributed by atoms with Crippen LogP contribution in [0, 0.1) is 0 Å². The number of ether oxygens (including phenoxy) is 3. The Morgan fingerprint density at radius 3 is 2.29 bits per heavy atom. The first-order valence-electron chi connectivity index (χ1n) is 12.0. The van der Waals surface area contributed by atoms with Gasteiger partial charge in [-0.3, -0.25) is 9.59 Å². The smallest absolute Gasteiger partial charge is 0.303 e. The Morgan fingerprint density at radius 1 is 0.971 bits per heavy atom. The zero-order valence-electron chi connectivity index (χ0n) is 19.8. The average Bonchev–Trinajstić information content (AvgIpc) is 2.83. The van der Waals surface area contributed by atoms with Gasteiger partial charge < -0.3 is 24.4 Å². The van der Waals surface area contributed by atoms with Crippen LogP contribution in [0.3, 0.4) is 0 Å². The zero-order valence-corrected chi connectivity index (χ0v) is 19.8. The van der Waals surface area contributed by atoms with Crippen molar-refractivity contribution in [3.05, 3.63) is 53.6 Å². The van der Waals surface area contributed by atoms with Gasteiger partial charge in [0.25, 0.3) is 0 Å². The van der Waals surface area contributed by atoms with E-state index in [0.717, 1.165) is 54.1 Å². The van der Waals surface area contributed by atoms with Crippen LogP contribution in [0.25, 0.3) is 0 Å². The lowest BCUT2D eigenvalue weighted by atomic mass is 9.82. The highest BCUT2D eigenvalue weighted by molar-refractivity contribution is 5.67. The van der Waals surface area contributed by atoms with Gasteiger partial charge in [0.15, 0.2) is 0 Å². The topological polar surface area (TPSA) is 102 Å². The number of carbonyl (C=O) groups is 2. The molecule has 0 spiro atoms. The number of carboxylic acids is 2. The minimum absolute atomic E-state index is 0.0599. The van der Waals surface area contributed by atoms with Gasteiger partial charge in [-0.15, -0.1) is 0 Å². The maximum absolute atomic E-state index is 11.3. The Hall–Kier alpha value is -3.22. The molecule has 0 amide bonds. The molecule has 0 atom stereocenters. The van der Waals surface area contributed by atoms with E-state index in [2.05, 4.69) is 6.92 Å². The summed E-state index contributed by atoms with van der Waals surface area (Å²) in [6.45, 7) is 3.12. The molecule has 7 nitrogen and oxygen atoms in total. The van der Waals surface area contributed by atoms with E-state index in [-0.39, 0.29) is 25.7 Å². The highest BCUT2D eigenvalue weighted by Crippen LogP contribution is 2.44. The van der Waals surface area contributed by atoms with Crippen molar-refractivity contribution in [2.75, 3.05) is 13.2 Å². The molecule has 34 heavy (non-hydrogen) atoms. The van der Waals surface area contributed by atoms with Gasteiger partial charge >= 0.3 is 11.9 Å². The molecule has 0 saturated carbocycles. The molecule has 0 radical (unpaired) electrons. The van der Waals surface area contributed by atoms with Crippen LogP contribution in [0.2, 0.25) is 0 Å². The lowest BCUT2D eigenvalue weighted by molar-refractivity contribution is -0.139. The van der Waals surface area contributed by atoms with Crippen molar-refractivity contribution in [2.24, 2.45) is 0 Å². The molecule has 7 heteroatoms. The van der Waals surface area contributed by atoms with Gasteiger partial charge in [-0.1, -0.05) is 37.6 Å². The summed E-state index contributed by atoms with van der Waals surface area (Å²) < 4.78 is 18.3. The van der Waals surface area contributed by atoms with Crippen LogP contribution in [0.15, 0.2) is 42.5 Å². The van der Waals surface area contributed by atoms with Gasteiger partial charge in [0.05, 0.1) is 13.2 Å². The molecule has 0 saturated heterocycles. The van der Waals surface area contributed by atoms with Gasteiger partial charge in [-0.2, -0.15) is 0 Å². The molecule has 0 unspecified atom stereocenters. The fourth-order valence-corrected chi connectivity index (χ4v) is 4.33. The maximum atomic E-state index is 11.3. The van der Waals surface area contributed by atoms with Crippen molar-refractivity contribution in [3.63, 3.8) is 0 Å². The van der Waals surface area contributed by atoms with Crippen molar-refractivity contribution >= 4 is 11.9 Å². The summed E-state index contributed by atoms with van der Waals surface area (Å²) in [5.74, 6) is 0.505. The number of hydrogen-bond acceptors (Lipinski definition) is 5. The molecule has 0 fully saturated rings. The van der Waals surface area contributed by atoms with Gasteiger partial charge in [0.2, 0.25) is 0 Å². The molecule has 1 heterocycles. The summed E-state index contributed by atoms with van der Waals surface area (Å²) in [7, 11) is 0. The monoisotopic (exact) mass is 470 g/mol. The van der Waals surface area contributed by atoms with Gasteiger partial charge in [0.1, 0.15) is 22.8 Å². The summed E-state index contributed by atoms with van der Waals surface area (Å²) in [6.07, 6.45) is 4.13. The number of aryl methyl sites for hydroxylation is 1. The Kier molecular flexibility index (Phi) is 9.19. The van der Waals surface area contributed by atoms with Crippen molar-refractivity contribution in [3.8, 4) is 17.2 Å². The predicted octanol–water partition coefficient (Wildman–Crippen LogP) is 5.28. The van der Waals surface area contributed by atoms with Crippen LogP contribution in [-0.2, 0) is 22.4 Å². The Bertz CT molecular complexity index is 937. The molecule has 2 N–H and O–H groups in total. The summed E-state index contributed by atoms with van der Waals surface area (Å²) in [5, 5.41) is 18.5. The minimum Gasteiger partial charge on any atom is -0.493 e. The summed E-state index contributed by atoms with van der Waals surface area (Å²) in [5.41, 5.74) is 1.23. The molecular formula is C27H34O7. The fraction of sp³-hybridized carbons (Fsp3) is 0.481. The Morgan fingerprint density at radius 2 is 1.65 bits per heavy atom. The van der Waals surface area contributed by atoms with Crippen LogP contribution < -0.4 is 14.2 Å². The van der Waals surface area contributed by atoms with Gasteiger partial charge in [-0.05, 0) is 55.9 Å². The van der Waals surface area contributed by atoms with Crippen LogP contribution in [0.5, 0.6) is 17.2 Å². The third-order valence-electron chi connectivity index (χ3n) is 6.11. The van der Waals surface area contributed by atoms with Crippen LogP contribution in [-0.4, -0.2) is 41.0 Å². The van der Waals surface area contributed by atoms with Crippen molar-refractivity contribution in [1.82, 2.24) is 0 Å². The Labute approximate surface area is 200 Å². The lowest BCUT2D eigenvalue weighted by Crippen LogP contribution is -2.41.